The first-order chi connectivity index (χ1) is 9.00. The fourth-order valence-corrected chi connectivity index (χ4v) is 3.32. The van der Waals surface area contributed by atoms with Crippen molar-refractivity contribution in [2.75, 3.05) is 19.6 Å². The van der Waals surface area contributed by atoms with Gasteiger partial charge in [-0.1, -0.05) is 6.92 Å². The van der Waals surface area contributed by atoms with Crippen LogP contribution in [-0.4, -0.2) is 33.0 Å². The van der Waals surface area contributed by atoms with Gasteiger partial charge in [0, 0.05) is 12.7 Å². The van der Waals surface area contributed by atoms with Crippen LogP contribution < -0.4 is 10.0 Å². The van der Waals surface area contributed by atoms with Gasteiger partial charge in [0.15, 0.2) is 5.82 Å². The smallest absolute Gasteiger partial charge is 0.261 e. The predicted molar refractivity (Wildman–Crippen MR) is 69.5 cm³/mol. The number of rotatable bonds is 4. The normalized spacial score (nSPS) is 24.3. The van der Waals surface area contributed by atoms with Crippen molar-refractivity contribution in [1.29, 1.82) is 0 Å². The maximum absolute atomic E-state index is 13.4. The summed E-state index contributed by atoms with van der Waals surface area (Å²) in [5, 5.41) is 2.72. The molecule has 1 aliphatic rings. The van der Waals surface area contributed by atoms with Crippen molar-refractivity contribution in [2.24, 2.45) is 11.8 Å². The van der Waals surface area contributed by atoms with Crippen molar-refractivity contribution < 1.29 is 12.8 Å². The summed E-state index contributed by atoms with van der Waals surface area (Å²) in [6.45, 7) is 4.16. The summed E-state index contributed by atoms with van der Waals surface area (Å²) in [5.74, 6) is -0.166. The molecule has 1 aromatic rings. The second-order valence-corrected chi connectivity index (χ2v) is 6.55. The quantitative estimate of drug-likeness (QED) is 0.857. The molecule has 7 heteroatoms. The van der Waals surface area contributed by atoms with E-state index >= 15 is 0 Å². The van der Waals surface area contributed by atoms with Crippen LogP contribution in [0.3, 0.4) is 0 Å². The average molecular weight is 287 g/mol. The lowest BCUT2D eigenvalue weighted by atomic mass is 9.88. The first-order valence-corrected chi connectivity index (χ1v) is 7.80. The Balaban J connectivity index is 2.04. The second-order valence-electron chi connectivity index (χ2n) is 4.87. The Morgan fingerprint density at radius 3 is 3.05 bits per heavy atom. The topological polar surface area (TPSA) is 71.1 Å². The highest BCUT2D eigenvalue weighted by Crippen LogP contribution is 2.18. The van der Waals surface area contributed by atoms with Crippen LogP contribution >= 0.6 is 0 Å². The number of pyridine rings is 1. The van der Waals surface area contributed by atoms with Crippen LogP contribution in [0.15, 0.2) is 23.4 Å². The zero-order valence-electron chi connectivity index (χ0n) is 10.8. The van der Waals surface area contributed by atoms with Gasteiger partial charge < -0.3 is 5.32 Å². The van der Waals surface area contributed by atoms with Crippen LogP contribution in [0.5, 0.6) is 0 Å². The van der Waals surface area contributed by atoms with Gasteiger partial charge in [-0.15, -0.1) is 0 Å². The Kier molecular flexibility index (Phi) is 4.49. The van der Waals surface area contributed by atoms with Crippen molar-refractivity contribution >= 4 is 10.0 Å². The number of hydrogen-bond acceptors (Lipinski definition) is 4. The molecule has 0 saturated carbocycles. The molecule has 19 heavy (non-hydrogen) atoms. The maximum atomic E-state index is 13.4. The Labute approximate surface area is 112 Å². The van der Waals surface area contributed by atoms with Crippen LogP contribution in [0.1, 0.15) is 13.3 Å². The van der Waals surface area contributed by atoms with Gasteiger partial charge in [-0.05, 0) is 43.5 Å². The fourth-order valence-electron chi connectivity index (χ4n) is 2.23. The van der Waals surface area contributed by atoms with Gasteiger partial charge in [0.2, 0.25) is 5.03 Å². The number of halogens is 1. The van der Waals surface area contributed by atoms with E-state index in [1.54, 1.807) is 0 Å². The molecule has 0 aliphatic carbocycles. The Morgan fingerprint density at radius 2 is 2.37 bits per heavy atom. The van der Waals surface area contributed by atoms with E-state index < -0.39 is 20.9 Å². The van der Waals surface area contributed by atoms with Gasteiger partial charge >= 0.3 is 0 Å². The molecule has 2 unspecified atom stereocenters. The SMILES string of the molecule is CC1CNCCC1CNS(=O)(=O)c1ncccc1F. The number of piperidine rings is 1. The van der Waals surface area contributed by atoms with Crippen molar-refractivity contribution in [3.8, 4) is 0 Å². The van der Waals surface area contributed by atoms with E-state index in [-0.39, 0.29) is 5.92 Å². The average Bonchev–Trinajstić information content (AvgIpc) is 2.38. The van der Waals surface area contributed by atoms with Crippen molar-refractivity contribution in [2.45, 2.75) is 18.4 Å². The van der Waals surface area contributed by atoms with Gasteiger partial charge in [-0.25, -0.2) is 22.5 Å². The highest BCUT2D eigenvalue weighted by Gasteiger charge is 2.25. The van der Waals surface area contributed by atoms with Gasteiger partial charge in [0.05, 0.1) is 0 Å². The first kappa shape index (κ1) is 14.4. The number of aromatic nitrogens is 1. The highest BCUT2D eigenvalue weighted by atomic mass is 32.2. The van der Waals surface area contributed by atoms with Crippen LogP contribution in [0.2, 0.25) is 0 Å². The summed E-state index contributed by atoms with van der Waals surface area (Å²) < 4.78 is 39.8. The lowest BCUT2D eigenvalue weighted by molar-refractivity contribution is 0.274. The molecule has 0 amide bonds. The van der Waals surface area contributed by atoms with Crippen molar-refractivity contribution in [3.63, 3.8) is 0 Å². The van der Waals surface area contributed by atoms with E-state index in [0.717, 1.165) is 25.6 Å². The zero-order valence-corrected chi connectivity index (χ0v) is 11.6. The number of sulfonamides is 1. The Morgan fingerprint density at radius 1 is 1.58 bits per heavy atom. The van der Waals surface area contributed by atoms with E-state index in [9.17, 15) is 12.8 Å². The minimum absolute atomic E-state index is 0.266. The minimum Gasteiger partial charge on any atom is -0.316 e. The number of nitrogens with one attached hydrogen (secondary N) is 2. The Bertz CT molecular complexity index is 536. The third kappa shape index (κ3) is 3.49. The third-order valence-corrected chi connectivity index (χ3v) is 4.83. The van der Waals surface area contributed by atoms with Gasteiger partial charge in [-0.2, -0.15) is 0 Å². The van der Waals surface area contributed by atoms with Crippen LogP contribution in [0, 0.1) is 17.7 Å². The fraction of sp³-hybridized carbons (Fsp3) is 0.583. The number of nitrogens with zero attached hydrogens (tertiary/aromatic N) is 1. The highest BCUT2D eigenvalue weighted by molar-refractivity contribution is 7.89. The molecule has 2 N–H and O–H groups in total. The van der Waals surface area contributed by atoms with Crippen LogP contribution in [0.4, 0.5) is 4.39 Å². The summed E-state index contributed by atoms with van der Waals surface area (Å²) >= 11 is 0. The van der Waals surface area contributed by atoms with Crippen molar-refractivity contribution in [3.05, 3.63) is 24.1 Å². The third-order valence-electron chi connectivity index (χ3n) is 3.48. The molecule has 2 heterocycles. The Hall–Kier alpha value is -1.05. The standard InChI is InChI=1S/C12H18FN3O2S/c1-9-7-14-6-4-10(9)8-16-19(17,18)12-11(13)3-2-5-15-12/h2-3,5,9-10,14,16H,4,6-8H2,1H3. The first-order valence-electron chi connectivity index (χ1n) is 6.31. The van der Waals surface area contributed by atoms with E-state index in [0.29, 0.717) is 12.5 Å². The molecule has 106 valence electrons. The minimum atomic E-state index is -3.87. The molecule has 1 fully saturated rings. The molecule has 1 aliphatic heterocycles. The molecular weight excluding hydrogens is 269 g/mol. The van der Waals surface area contributed by atoms with E-state index in [2.05, 4.69) is 21.9 Å². The van der Waals surface area contributed by atoms with Gasteiger partial charge in [0.25, 0.3) is 10.0 Å². The van der Waals surface area contributed by atoms with E-state index in [4.69, 9.17) is 0 Å². The molecule has 2 rings (SSSR count). The van der Waals surface area contributed by atoms with E-state index in [1.165, 1.54) is 12.3 Å². The monoisotopic (exact) mass is 287 g/mol. The van der Waals surface area contributed by atoms with Gasteiger partial charge in [0.1, 0.15) is 0 Å². The molecule has 5 nitrogen and oxygen atoms in total. The molecule has 1 aromatic heterocycles. The molecule has 0 bridgehead atoms. The molecular formula is C12H18FN3O2S. The number of hydrogen-bond donors (Lipinski definition) is 2. The maximum Gasteiger partial charge on any atom is 0.261 e. The second kappa shape index (κ2) is 5.94. The zero-order chi connectivity index (χ0) is 13.9. The lowest BCUT2D eigenvalue weighted by Gasteiger charge is -2.29. The molecule has 2 atom stereocenters. The summed E-state index contributed by atoms with van der Waals surface area (Å²) in [6, 6.07) is 2.46. The molecule has 1 saturated heterocycles. The van der Waals surface area contributed by atoms with Crippen LogP contribution in [0.25, 0.3) is 0 Å². The van der Waals surface area contributed by atoms with Crippen molar-refractivity contribution in [1.82, 2.24) is 15.0 Å². The lowest BCUT2D eigenvalue weighted by Crippen LogP contribution is -2.41. The molecule has 0 radical (unpaired) electrons. The predicted octanol–water partition coefficient (Wildman–Crippen LogP) is 0.745. The largest absolute Gasteiger partial charge is 0.316 e. The van der Waals surface area contributed by atoms with E-state index in [1.807, 2.05) is 0 Å². The summed E-state index contributed by atoms with van der Waals surface area (Å²) in [6.07, 6.45) is 2.18. The molecule has 0 spiro atoms. The molecule has 0 aromatic carbocycles. The summed E-state index contributed by atoms with van der Waals surface area (Å²) in [5.41, 5.74) is 0. The van der Waals surface area contributed by atoms with Gasteiger partial charge in [-0.3, -0.25) is 0 Å². The summed E-state index contributed by atoms with van der Waals surface area (Å²) in [7, 11) is -3.87. The summed E-state index contributed by atoms with van der Waals surface area (Å²) in [4.78, 5) is 3.59. The van der Waals surface area contributed by atoms with Crippen LogP contribution in [-0.2, 0) is 10.0 Å².